The van der Waals surface area contributed by atoms with E-state index < -0.39 is 0 Å². The molecule has 0 saturated carbocycles. The lowest BCUT2D eigenvalue weighted by molar-refractivity contribution is -0.116. The number of anilines is 1. The lowest BCUT2D eigenvalue weighted by Crippen LogP contribution is -2.25. The van der Waals surface area contributed by atoms with Gasteiger partial charge in [0.1, 0.15) is 12.4 Å². The number of hydrogen-bond acceptors (Lipinski definition) is 3. The second kappa shape index (κ2) is 6.42. The molecule has 0 radical (unpaired) electrons. The number of benzene rings is 1. The Morgan fingerprint density at radius 1 is 1.32 bits per heavy atom. The van der Waals surface area contributed by atoms with Gasteiger partial charge in [-0.2, -0.15) is 0 Å². The topological polar surface area (TPSA) is 32.8 Å². The predicted molar refractivity (Wildman–Crippen MR) is 91.6 cm³/mol. The van der Waals surface area contributed by atoms with E-state index in [1.165, 1.54) is 11.1 Å². The third-order valence-electron chi connectivity index (χ3n) is 4.33. The van der Waals surface area contributed by atoms with E-state index in [0.717, 1.165) is 48.4 Å². The van der Waals surface area contributed by atoms with Crippen molar-refractivity contribution in [1.29, 1.82) is 0 Å². The van der Waals surface area contributed by atoms with Gasteiger partial charge < -0.3 is 14.5 Å². The summed E-state index contributed by atoms with van der Waals surface area (Å²) in [6.07, 6.45) is 4.21. The van der Waals surface area contributed by atoms with Crippen molar-refractivity contribution >= 4 is 27.5 Å². The van der Waals surface area contributed by atoms with Gasteiger partial charge in [0.05, 0.1) is 4.47 Å². The summed E-state index contributed by atoms with van der Waals surface area (Å²) in [5, 5.41) is 0. The van der Waals surface area contributed by atoms with Crippen molar-refractivity contribution in [2.45, 2.75) is 19.8 Å². The highest BCUT2D eigenvalue weighted by Crippen LogP contribution is 2.37. The molecule has 22 heavy (non-hydrogen) atoms. The minimum absolute atomic E-state index is 0.0933. The SMILES string of the molecule is CC(=O)N1CCc2cc(OCC3=CCN(C)CC3)c(Br)cc21. The highest BCUT2D eigenvalue weighted by Gasteiger charge is 2.24. The van der Waals surface area contributed by atoms with Gasteiger partial charge in [0.2, 0.25) is 5.91 Å². The van der Waals surface area contributed by atoms with Gasteiger partial charge in [0, 0.05) is 32.2 Å². The van der Waals surface area contributed by atoms with E-state index in [1.54, 1.807) is 6.92 Å². The lowest BCUT2D eigenvalue weighted by Gasteiger charge is -2.22. The molecule has 0 unspecified atom stereocenters. The molecule has 0 fully saturated rings. The molecule has 5 heteroatoms. The van der Waals surface area contributed by atoms with Crippen molar-refractivity contribution in [2.75, 3.05) is 38.2 Å². The standard InChI is InChI=1S/C17H21BrN2O2/c1-12(21)20-8-5-14-9-17(15(18)10-16(14)20)22-11-13-3-6-19(2)7-4-13/h3,9-10H,4-8,11H2,1-2H3. The largest absolute Gasteiger partial charge is 0.488 e. The Kier molecular flexibility index (Phi) is 4.54. The Balaban J connectivity index is 1.72. The Hall–Kier alpha value is -1.33. The average molecular weight is 365 g/mol. The van der Waals surface area contributed by atoms with Crippen LogP contribution in [0.1, 0.15) is 18.9 Å². The normalized spacial score (nSPS) is 18.1. The lowest BCUT2D eigenvalue weighted by atomic mass is 10.1. The fourth-order valence-electron chi connectivity index (χ4n) is 2.94. The molecule has 4 nitrogen and oxygen atoms in total. The molecule has 0 aromatic heterocycles. The minimum atomic E-state index is 0.0933. The fraction of sp³-hybridized carbons (Fsp3) is 0.471. The molecule has 1 amide bonds. The van der Waals surface area contributed by atoms with Crippen LogP contribution in [0.2, 0.25) is 0 Å². The zero-order chi connectivity index (χ0) is 15.7. The van der Waals surface area contributed by atoms with Gasteiger partial charge in [-0.1, -0.05) is 6.08 Å². The van der Waals surface area contributed by atoms with Gasteiger partial charge in [-0.15, -0.1) is 0 Å². The number of carbonyl (C=O) groups excluding carboxylic acids is 1. The highest BCUT2D eigenvalue weighted by molar-refractivity contribution is 9.10. The molecular weight excluding hydrogens is 344 g/mol. The maximum absolute atomic E-state index is 11.6. The van der Waals surface area contributed by atoms with Crippen LogP contribution >= 0.6 is 15.9 Å². The van der Waals surface area contributed by atoms with Crippen molar-refractivity contribution in [1.82, 2.24) is 4.90 Å². The first-order chi connectivity index (χ1) is 10.5. The molecule has 2 aliphatic rings. The van der Waals surface area contributed by atoms with Crippen LogP contribution in [0.15, 0.2) is 28.3 Å². The predicted octanol–water partition coefficient (Wildman–Crippen LogP) is 3.00. The monoisotopic (exact) mass is 364 g/mol. The number of rotatable bonds is 3. The van der Waals surface area contributed by atoms with Gasteiger partial charge >= 0.3 is 0 Å². The number of amides is 1. The number of fused-ring (bicyclic) bond motifs is 1. The van der Waals surface area contributed by atoms with E-state index in [4.69, 9.17) is 4.74 Å². The molecule has 2 heterocycles. The molecule has 1 aromatic carbocycles. The fourth-order valence-corrected chi connectivity index (χ4v) is 3.39. The molecule has 0 saturated heterocycles. The van der Waals surface area contributed by atoms with Crippen LogP contribution in [-0.4, -0.2) is 44.1 Å². The van der Waals surface area contributed by atoms with Crippen molar-refractivity contribution in [3.63, 3.8) is 0 Å². The van der Waals surface area contributed by atoms with E-state index >= 15 is 0 Å². The van der Waals surface area contributed by atoms with Gasteiger partial charge in [-0.3, -0.25) is 4.79 Å². The number of carbonyl (C=O) groups is 1. The van der Waals surface area contributed by atoms with E-state index in [2.05, 4.69) is 40.0 Å². The summed E-state index contributed by atoms with van der Waals surface area (Å²) in [6, 6.07) is 4.07. The molecular formula is C17H21BrN2O2. The van der Waals surface area contributed by atoms with Gasteiger partial charge in [-0.05, 0) is 59.1 Å². The van der Waals surface area contributed by atoms with Crippen LogP contribution in [0, 0.1) is 0 Å². The summed E-state index contributed by atoms with van der Waals surface area (Å²) >= 11 is 3.57. The van der Waals surface area contributed by atoms with Crippen LogP contribution in [0.4, 0.5) is 5.69 Å². The van der Waals surface area contributed by atoms with Crippen LogP contribution in [-0.2, 0) is 11.2 Å². The van der Waals surface area contributed by atoms with Crippen LogP contribution in [0.3, 0.4) is 0 Å². The Morgan fingerprint density at radius 2 is 2.14 bits per heavy atom. The van der Waals surface area contributed by atoms with Crippen LogP contribution in [0.25, 0.3) is 0 Å². The first-order valence-corrected chi connectivity index (χ1v) is 8.43. The second-order valence-corrected chi connectivity index (χ2v) is 6.85. The van der Waals surface area contributed by atoms with Crippen molar-refractivity contribution < 1.29 is 9.53 Å². The number of halogens is 1. The van der Waals surface area contributed by atoms with Crippen LogP contribution in [0.5, 0.6) is 5.75 Å². The number of ether oxygens (including phenoxy) is 1. The summed E-state index contributed by atoms with van der Waals surface area (Å²) in [7, 11) is 2.13. The van der Waals surface area contributed by atoms with E-state index in [1.807, 2.05) is 11.0 Å². The van der Waals surface area contributed by atoms with Gasteiger partial charge in [-0.25, -0.2) is 0 Å². The van der Waals surface area contributed by atoms with E-state index in [0.29, 0.717) is 6.61 Å². The zero-order valence-electron chi connectivity index (χ0n) is 13.1. The van der Waals surface area contributed by atoms with Gasteiger partial charge in [0.25, 0.3) is 0 Å². The summed E-state index contributed by atoms with van der Waals surface area (Å²) in [5.41, 5.74) is 3.55. The molecule has 0 atom stereocenters. The molecule has 1 aromatic rings. The molecule has 2 aliphatic heterocycles. The van der Waals surface area contributed by atoms with E-state index in [-0.39, 0.29) is 5.91 Å². The minimum Gasteiger partial charge on any atom is -0.488 e. The third kappa shape index (κ3) is 3.20. The first-order valence-electron chi connectivity index (χ1n) is 7.64. The maximum Gasteiger partial charge on any atom is 0.223 e. The Bertz CT molecular complexity index is 627. The molecule has 0 bridgehead atoms. The number of likely N-dealkylation sites (N-methyl/N-ethyl adjacent to an activating group) is 1. The van der Waals surface area contributed by atoms with Gasteiger partial charge in [0.15, 0.2) is 0 Å². The van der Waals surface area contributed by atoms with Crippen molar-refractivity contribution in [2.24, 2.45) is 0 Å². The summed E-state index contributed by atoms with van der Waals surface area (Å²) < 4.78 is 6.91. The number of hydrogen-bond donors (Lipinski definition) is 0. The van der Waals surface area contributed by atoms with E-state index in [9.17, 15) is 4.79 Å². The molecule has 0 spiro atoms. The van der Waals surface area contributed by atoms with Crippen LogP contribution < -0.4 is 9.64 Å². The van der Waals surface area contributed by atoms with Crippen molar-refractivity contribution in [3.8, 4) is 5.75 Å². The first kappa shape index (κ1) is 15.6. The Morgan fingerprint density at radius 3 is 2.82 bits per heavy atom. The Labute approximate surface area is 139 Å². The summed E-state index contributed by atoms with van der Waals surface area (Å²) in [4.78, 5) is 15.8. The smallest absolute Gasteiger partial charge is 0.223 e. The maximum atomic E-state index is 11.6. The third-order valence-corrected chi connectivity index (χ3v) is 4.95. The molecule has 118 valence electrons. The zero-order valence-corrected chi connectivity index (χ0v) is 14.6. The summed E-state index contributed by atoms with van der Waals surface area (Å²) in [5.74, 6) is 0.958. The highest BCUT2D eigenvalue weighted by atomic mass is 79.9. The number of nitrogens with zero attached hydrogens (tertiary/aromatic N) is 2. The molecule has 3 rings (SSSR count). The quantitative estimate of drug-likeness (QED) is 0.772. The second-order valence-electron chi connectivity index (χ2n) is 6.00. The molecule has 0 N–H and O–H groups in total. The summed E-state index contributed by atoms with van der Waals surface area (Å²) in [6.45, 7) is 5.10. The molecule has 0 aliphatic carbocycles. The van der Waals surface area contributed by atoms with Crippen molar-refractivity contribution in [3.05, 3.63) is 33.8 Å². The average Bonchev–Trinajstić information content (AvgIpc) is 2.89.